The van der Waals surface area contributed by atoms with Crippen molar-refractivity contribution in [2.45, 2.75) is 6.42 Å². The maximum atomic E-state index is 12.1. The average Bonchev–Trinajstić information content (AvgIpc) is 3.09. The van der Waals surface area contributed by atoms with Crippen molar-refractivity contribution >= 4 is 40.9 Å². The van der Waals surface area contributed by atoms with E-state index in [-0.39, 0.29) is 18.3 Å². The number of nitrogens with one attached hydrogen (secondary N) is 3. The maximum absolute atomic E-state index is 12.1. The monoisotopic (exact) mass is 455 g/mol. The fourth-order valence-corrected chi connectivity index (χ4v) is 3.34. The lowest BCUT2D eigenvalue weighted by atomic mass is 10.1. The van der Waals surface area contributed by atoms with Crippen LogP contribution in [0.4, 0.5) is 11.6 Å². The molecule has 3 N–H and O–H groups in total. The fourth-order valence-electron chi connectivity index (χ4n) is 2.81. The molecule has 156 valence electrons. The number of hydrogen-bond donors (Lipinski definition) is 3. The molecule has 2 heterocycles. The van der Waals surface area contributed by atoms with Gasteiger partial charge in [-0.2, -0.15) is 19.6 Å². The van der Waals surface area contributed by atoms with Gasteiger partial charge in [0.15, 0.2) is 0 Å². The fraction of sp³-hybridized carbons (Fsp3) is 0.0500. The molecule has 31 heavy (non-hydrogen) atoms. The summed E-state index contributed by atoms with van der Waals surface area (Å²) < 4.78 is 0.897. The summed E-state index contributed by atoms with van der Waals surface area (Å²) in [6.45, 7) is 3.73. The van der Waals surface area contributed by atoms with Crippen LogP contribution in [0.15, 0.2) is 58.6 Å². The second-order valence-corrected chi connectivity index (χ2v) is 7.22. The summed E-state index contributed by atoms with van der Waals surface area (Å²) in [6, 6.07) is 12.5. The van der Waals surface area contributed by atoms with Gasteiger partial charge in [-0.1, -0.05) is 54.1 Å². The summed E-state index contributed by atoms with van der Waals surface area (Å²) in [5, 5.41) is 6.31. The molecular weight excluding hydrogens is 441 g/mol. The van der Waals surface area contributed by atoms with E-state index in [0.29, 0.717) is 27.1 Å². The highest BCUT2D eigenvalue weighted by Crippen LogP contribution is 2.26. The van der Waals surface area contributed by atoms with Crippen LogP contribution in [0.5, 0.6) is 0 Å². The zero-order valence-corrected chi connectivity index (χ0v) is 17.4. The summed E-state index contributed by atoms with van der Waals surface area (Å²) >= 11 is 12.6. The summed E-state index contributed by atoms with van der Waals surface area (Å²) in [7, 11) is 0. The van der Waals surface area contributed by atoms with Gasteiger partial charge in [-0.05, 0) is 35.4 Å². The second kappa shape index (κ2) is 8.58. The normalized spacial score (nSPS) is 10.8. The Labute approximate surface area is 185 Å². The van der Waals surface area contributed by atoms with Crippen molar-refractivity contribution in [2.75, 3.05) is 5.32 Å². The molecule has 0 radical (unpaired) electrons. The first kappa shape index (κ1) is 20.6. The van der Waals surface area contributed by atoms with Crippen molar-refractivity contribution in [2.24, 2.45) is 0 Å². The molecule has 11 heteroatoms. The van der Waals surface area contributed by atoms with Crippen molar-refractivity contribution < 1.29 is 0 Å². The molecule has 0 saturated heterocycles. The number of rotatable bonds is 6. The van der Waals surface area contributed by atoms with Gasteiger partial charge >= 0.3 is 11.4 Å². The first-order valence-electron chi connectivity index (χ1n) is 9.02. The first-order valence-corrected chi connectivity index (χ1v) is 9.77. The molecule has 9 nitrogen and oxygen atoms in total. The van der Waals surface area contributed by atoms with Crippen molar-refractivity contribution in [1.29, 1.82) is 0 Å². The molecule has 0 aliphatic carbocycles. The van der Waals surface area contributed by atoms with E-state index in [1.807, 2.05) is 24.3 Å². The zero-order chi connectivity index (χ0) is 22.0. The number of H-pyrrole nitrogens is 2. The van der Waals surface area contributed by atoms with E-state index < -0.39 is 11.4 Å². The van der Waals surface area contributed by atoms with E-state index in [0.717, 1.165) is 10.2 Å². The number of halogens is 2. The van der Waals surface area contributed by atoms with E-state index in [4.69, 9.17) is 23.2 Å². The van der Waals surface area contributed by atoms with Crippen LogP contribution in [0.2, 0.25) is 10.0 Å². The van der Waals surface area contributed by atoms with Gasteiger partial charge in [0.25, 0.3) is 5.95 Å². The smallest absolute Gasteiger partial charge is 0.324 e. The number of benzene rings is 2. The topological polar surface area (TPSA) is 121 Å². The molecule has 0 aliphatic rings. The summed E-state index contributed by atoms with van der Waals surface area (Å²) in [4.78, 5) is 38.7. The van der Waals surface area contributed by atoms with Crippen LogP contribution in [-0.2, 0) is 6.42 Å². The quantitative estimate of drug-likeness (QED) is 0.409. The third-order valence-corrected chi connectivity index (χ3v) is 5.01. The number of aromatic nitrogens is 6. The van der Waals surface area contributed by atoms with Gasteiger partial charge in [0, 0.05) is 22.2 Å². The lowest BCUT2D eigenvalue weighted by molar-refractivity contribution is 0.748. The molecule has 0 saturated carbocycles. The molecular formula is C20H15Cl2N7O2. The summed E-state index contributed by atoms with van der Waals surface area (Å²) in [5.74, 6) is 0.393. The van der Waals surface area contributed by atoms with Gasteiger partial charge in [-0.3, -0.25) is 4.98 Å². The van der Waals surface area contributed by atoms with E-state index in [9.17, 15) is 9.59 Å². The zero-order valence-electron chi connectivity index (χ0n) is 15.9. The van der Waals surface area contributed by atoms with Crippen LogP contribution in [-0.4, -0.2) is 29.7 Å². The summed E-state index contributed by atoms with van der Waals surface area (Å²) in [6.07, 6.45) is 1.91. The highest BCUT2D eigenvalue weighted by atomic mass is 35.5. The number of aromatic amines is 2. The molecule has 0 unspecified atom stereocenters. The van der Waals surface area contributed by atoms with Gasteiger partial charge in [0.2, 0.25) is 5.95 Å². The molecule has 4 rings (SSSR count). The van der Waals surface area contributed by atoms with Crippen LogP contribution in [0.25, 0.3) is 12.0 Å². The molecule has 0 spiro atoms. The number of anilines is 2. The van der Waals surface area contributed by atoms with E-state index in [1.165, 1.54) is 0 Å². The Balaban J connectivity index is 1.78. The Hall–Kier alpha value is -3.69. The molecule has 4 aromatic rings. The predicted octanol–water partition coefficient (Wildman–Crippen LogP) is 3.32. The standard InChI is InChI=1S/C20H15Cl2N7O2/c1-2-11-6-8-12(9-7-11)23-17-24-16(10-13-14(21)4-3-5-15(13)22)25-18(26-17)29-20(31)27-19(30)28-29/h2-9H,1,10H2,(H,23,24,25,26)(H2,27,28,30,31). The molecule has 2 aromatic carbocycles. The Morgan fingerprint density at radius 3 is 2.35 bits per heavy atom. The Bertz CT molecular complexity index is 1350. The minimum Gasteiger partial charge on any atom is -0.324 e. The Morgan fingerprint density at radius 2 is 1.74 bits per heavy atom. The number of hydrogen-bond acceptors (Lipinski definition) is 6. The highest BCUT2D eigenvalue weighted by molar-refractivity contribution is 6.36. The molecule has 0 aliphatic heterocycles. The van der Waals surface area contributed by atoms with Gasteiger partial charge < -0.3 is 5.32 Å². The lowest BCUT2D eigenvalue weighted by Crippen LogP contribution is -2.20. The maximum Gasteiger partial charge on any atom is 0.351 e. The SMILES string of the molecule is C=Cc1ccc(Nc2nc(Cc3c(Cl)cccc3Cl)nc(-n3[nH]c(=O)[nH]c3=O)n2)cc1. The Kier molecular flexibility index (Phi) is 5.70. The van der Waals surface area contributed by atoms with Crippen molar-refractivity contribution in [1.82, 2.24) is 29.7 Å². The third-order valence-electron chi connectivity index (χ3n) is 4.31. The van der Waals surface area contributed by atoms with E-state index in [1.54, 1.807) is 24.3 Å². The average molecular weight is 456 g/mol. The minimum absolute atomic E-state index is 0.0678. The first-order chi connectivity index (χ1) is 14.9. The second-order valence-electron chi connectivity index (χ2n) is 6.41. The van der Waals surface area contributed by atoms with Gasteiger partial charge in [-0.15, -0.1) is 0 Å². The predicted molar refractivity (Wildman–Crippen MR) is 119 cm³/mol. The van der Waals surface area contributed by atoms with Crippen LogP contribution in [0.3, 0.4) is 0 Å². The largest absolute Gasteiger partial charge is 0.351 e. The lowest BCUT2D eigenvalue weighted by Gasteiger charge is -2.10. The molecule has 0 amide bonds. The molecule has 0 fully saturated rings. The van der Waals surface area contributed by atoms with Gasteiger partial charge in [0.05, 0.1) is 0 Å². The van der Waals surface area contributed by atoms with Crippen molar-refractivity contribution in [3.05, 3.63) is 97.0 Å². The van der Waals surface area contributed by atoms with Crippen LogP contribution < -0.4 is 16.7 Å². The van der Waals surface area contributed by atoms with Crippen molar-refractivity contribution in [3.8, 4) is 5.95 Å². The van der Waals surface area contributed by atoms with Gasteiger partial charge in [-0.25, -0.2) is 14.7 Å². The van der Waals surface area contributed by atoms with Crippen molar-refractivity contribution in [3.63, 3.8) is 0 Å². The molecule has 0 bridgehead atoms. The highest BCUT2D eigenvalue weighted by Gasteiger charge is 2.15. The van der Waals surface area contributed by atoms with Gasteiger partial charge in [0.1, 0.15) is 5.82 Å². The molecule has 2 aromatic heterocycles. The number of nitrogens with zero attached hydrogens (tertiary/aromatic N) is 4. The summed E-state index contributed by atoms with van der Waals surface area (Å²) in [5.41, 5.74) is 0.890. The van der Waals surface area contributed by atoms with E-state index in [2.05, 4.69) is 36.9 Å². The van der Waals surface area contributed by atoms with Crippen LogP contribution in [0.1, 0.15) is 17.0 Å². The van der Waals surface area contributed by atoms with Crippen LogP contribution >= 0.6 is 23.2 Å². The third kappa shape index (κ3) is 4.57. The Morgan fingerprint density at radius 1 is 1.03 bits per heavy atom. The minimum atomic E-state index is -0.709. The van der Waals surface area contributed by atoms with E-state index >= 15 is 0 Å². The molecule has 0 atom stereocenters. The van der Waals surface area contributed by atoms with Crippen LogP contribution in [0, 0.1) is 0 Å².